The molecule has 0 radical (unpaired) electrons. The van der Waals surface area contributed by atoms with E-state index < -0.39 is 0 Å². The second-order valence-corrected chi connectivity index (χ2v) is 4.57. The second kappa shape index (κ2) is 9.60. The van der Waals surface area contributed by atoms with Crippen LogP contribution >= 0.6 is 0 Å². The van der Waals surface area contributed by atoms with Gasteiger partial charge in [-0.3, -0.25) is 4.79 Å². The van der Waals surface area contributed by atoms with Crippen molar-refractivity contribution >= 4 is 5.91 Å². The summed E-state index contributed by atoms with van der Waals surface area (Å²) in [4.78, 5) is 15.6. The zero-order valence-corrected chi connectivity index (χ0v) is 11.0. The molecule has 0 atom stereocenters. The van der Waals surface area contributed by atoms with Gasteiger partial charge in [-0.2, -0.15) is 0 Å². The van der Waals surface area contributed by atoms with Crippen molar-refractivity contribution < 1.29 is 4.79 Å². The lowest BCUT2D eigenvalue weighted by molar-refractivity contribution is -0.130. The van der Waals surface area contributed by atoms with Crippen LogP contribution in [0.25, 0.3) is 0 Å². The van der Waals surface area contributed by atoms with Crippen LogP contribution in [0.2, 0.25) is 0 Å². The number of amides is 1. The van der Waals surface area contributed by atoms with Gasteiger partial charge in [0.25, 0.3) is 0 Å². The Kier molecular flexibility index (Phi) is 9.24. The van der Waals surface area contributed by atoms with Crippen LogP contribution < -0.4 is 5.73 Å². The Bertz CT molecular complexity index is 183. The molecule has 16 heavy (non-hydrogen) atoms. The summed E-state index contributed by atoms with van der Waals surface area (Å²) in [7, 11) is 5.99. The normalized spacial score (nSPS) is 10.8. The fourth-order valence-electron chi connectivity index (χ4n) is 1.54. The van der Waals surface area contributed by atoms with E-state index >= 15 is 0 Å². The summed E-state index contributed by atoms with van der Waals surface area (Å²) < 4.78 is 0. The molecule has 0 heterocycles. The van der Waals surface area contributed by atoms with Crippen molar-refractivity contribution in [2.24, 2.45) is 5.73 Å². The van der Waals surface area contributed by atoms with E-state index in [2.05, 4.69) is 19.0 Å². The third-order valence-corrected chi connectivity index (χ3v) is 2.62. The molecule has 0 aromatic rings. The van der Waals surface area contributed by atoms with E-state index in [4.69, 9.17) is 5.73 Å². The van der Waals surface area contributed by atoms with Crippen LogP contribution in [-0.2, 0) is 4.79 Å². The van der Waals surface area contributed by atoms with Gasteiger partial charge < -0.3 is 15.5 Å². The van der Waals surface area contributed by atoms with Gasteiger partial charge >= 0.3 is 0 Å². The maximum Gasteiger partial charge on any atom is 0.222 e. The highest BCUT2D eigenvalue weighted by molar-refractivity contribution is 5.75. The molecular formula is C12H27N3O. The van der Waals surface area contributed by atoms with Crippen LogP contribution in [-0.4, -0.2) is 56.5 Å². The number of unbranched alkanes of at least 4 members (excludes halogenated alkanes) is 2. The van der Waals surface area contributed by atoms with E-state index in [1.807, 2.05) is 11.9 Å². The van der Waals surface area contributed by atoms with Crippen molar-refractivity contribution in [3.63, 3.8) is 0 Å². The van der Waals surface area contributed by atoms with E-state index in [-0.39, 0.29) is 5.91 Å². The quantitative estimate of drug-likeness (QED) is 0.598. The first kappa shape index (κ1) is 15.4. The Labute approximate surface area is 99.8 Å². The topological polar surface area (TPSA) is 49.6 Å². The Morgan fingerprint density at radius 2 is 1.69 bits per heavy atom. The largest absolute Gasteiger partial charge is 0.346 e. The van der Waals surface area contributed by atoms with Gasteiger partial charge in [-0.15, -0.1) is 0 Å². The highest BCUT2D eigenvalue weighted by Gasteiger charge is 2.07. The molecule has 0 aromatic carbocycles. The smallest absolute Gasteiger partial charge is 0.222 e. The zero-order chi connectivity index (χ0) is 12.4. The van der Waals surface area contributed by atoms with Gasteiger partial charge in [0.1, 0.15) is 0 Å². The summed E-state index contributed by atoms with van der Waals surface area (Å²) in [5, 5.41) is 0. The van der Waals surface area contributed by atoms with Crippen LogP contribution in [0.1, 0.15) is 32.1 Å². The minimum Gasteiger partial charge on any atom is -0.346 e. The number of nitrogens with two attached hydrogens (primary N) is 1. The lowest BCUT2D eigenvalue weighted by Gasteiger charge is -2.18. The Hall–Kier alpha value is -0.610. The number of nitrogens with zero attached hydrogens (tertiary/aromatic N) is 2. The van der Waals surface area contributed by atoms with Crippen LogP contribution in [0.15, 0.2) is 0 Å². The summed E-state index contributed by atoms with van der Waals surface area (Å²) in [6.45, 7) is 2.62. The molecule has 0 spiro atoms. The molecule has 0 bridgehead atoms. The molecule has 0 saturated carbocycles. The molecule has 0 aromatic heterocycles. The minimum atomic E-state index is 0.260. The molecular weight excluding hydrogens is 202 g/mol. The van der Waals surface area contributed by atoms with Crippen molar-refractivity contribution in [3.05, 3.63) is 0 Å². The monoisotopic (exact) mass is 229 g/mol. The molecule has 4 heteroatoms. The van der Waals surface area contributed by atoms with E-state index in [1.165, 1.54) is 0 Å². The van der Waals surface area contributed by atoms with Crippen molar-refractivity contribution in [3.8, 4) is 0 Å². The first-order valence-electron chi connectivity index (χ1n) is 6.16. The van der Waals surface area contributed by atoms with Crippen molar-refractivity contribution in [1.29, 1.82) is 0 Å². The van der Waals surface area contributed by atoms with E-state index in [1.54, 1.807) is 0 Å². The molecule has 4 nitrogen and oxygen atoms in total. The summed E-state index contributed by atoms with van der Waals surface area (Å²) in [6.07, 6.45) is 4.76. The van der Waals surface area contributed by atoms with Crippen LogP contribution in [0, 0.1) is 0 Å². The second-order valence-electron chi connectivity index (χ2n) is 4.57. The molecule has 0 aliphatic carbocycles. The molecule has 0 fully saturated rings. The first-order valence-corrected chi connectivity index (χ1v) is 6.16. The van der Waals surface area contributed by atoms with Gasteiger partial charge in [-0.25, -0.2) is 0 Å². The van der Waals surface area contributed by atoms with Gasteiger partial charge in [0.15, 0.2) is 0 Å². The van der Waals surface area contributed by atoms with Crippen LogP contribution in [0.4, 0.5) is 0 Å². The average molecular weight is 229 g/mol. The van der Waals surface area contributed by atoms with E-state index in [0.717, 1.165) is 45.3 Å². The third kappa shape index (κ3) is 8.68. The lowest BCUT2D eigenvalue weighted by atomic mass is 10.2. The lowest BCUT2D eigenvalue weighted by Crippen LogP contribution is -2.29. The third-order valence-electron chi connectivity index (χ3n) is 2.62. The summed E-state index contributed by atoms with van der Waals surface area (Å²) in [6, 6.07) is 0. The van der Waals surface area contributed by atoms with E-state index in [0.29, 0.717) is 6.42 Å². The van der Waals surface area contributed by atoms with Gasteiger partial charge in [-0.05, 0) is 46.4 Å². The van der Waals surface area contributed by atoms with Gasteiger partial charge in [0.2, 0.25) is 5.91 Å². The first-order chi connectivity index (χ1) is 7.57. The number of hydrogen-bond acceptors (Lipinski definition) is 3. The summed E-state index contributed by atoms with van der Waals surface area (Å²) in [5.74, 6) is 0.260. The molecule has 96 valence electrons. The molecule has 0 aliphatic heterocycles. The molecule has 2 N–H and O–H groups in total. The number of carbonyl (C=O) groups is 1. The highest BCUT2D eigenvalue weighted by Crippen LogP contribution is 2.02. The van der Waals surface area contributed by atoms with Crippen LogP contribution in [0.3, 0.4) is 0 Å². The van der Waals surface area contributed by atoms with E-state index in [9.17, 15) is 4.79 Å². The average Bonchev–Trinajstić information content (AvgIpc) is 2.23. The van der Waals surface area contributed by atoms with Gasteiger partial charge in [0.05, 0.1) is 0 Å². The van der Waals surface area contributed by atoms with Crippen molar-refractivity contribution in [2.75, 3.05) is 40.8 Å². The molecule has 0 aliphatic rings. The molecule has 1 amide bonds. The predicted octanol–water partition coefficient (Wildman–Crippen LogP) is 0.916. The summed E-state index contributed by atoms with van der Waals surface area (Å²) in [5.41, 5.74) is 5.40. The van der Waals surface area contributed by atoms with Gasteiger partial charge in [-0.1, -0.05) is 6.42 Å². The SMILES string of the molecule is CN(C)CCCN(C)C(=O)CCCCCN. The maximum absolute atomic E-state index is 11.7. The number of carbonyl (C=O) groups excluding carboxylic acids is 1. The number of rotatable bonds is 9. The molecule has 0 saturated heterocycles. The Morgan fingerprint density at radius 1 is 1.00 bits per heavy atom. The fourth-order valence-corrected chi connectivity index (χ4v) is 1.54. The van der Waals surface area contributed by atoms with Crippen LogP contribution in [0.5, 0.6) is 0 Å². The van der Waals surface area contributed by atoms with Crippen molar-refractivity contribution in [1.82, 2.24) is 9.80 Å². The highest BCUT2D eigenvalue weighted by atomic mass is 16.2. The predicted molar refractivity (Wildman–Crippen MR) is 68.3 cm³/mol. The molecule has 0 unspecified atom stereocenters. The Balaban J connectivity index is 3.49. The standard InChI is InChI=1S/C12H27N3O/c1-14(2)10-7-11-15(3)12(16)8-5-4-6-9-13/h4-11,13H2,1-3H3. The minimum absolute atomic E-state index is 0.260. The number of hydrogen-bond donors (Lipinski definition) is 1. The Morgan fingerprint density at radius 3 is 2.25 bits per heavy atom. The van der Waals surface area contributed by atoms with Crippen molar-refractivity contribution in [2.45, 2.75) is 32.1 Å². The summed E-state index contributed by atoms with van der Waals surface area (Å²) >= 11 is 0. The fraction of sp³-hybridized carbons (Fsp3) is 0.917. The zero-order valence-electron chi connectivity index (χ0n) is 11.0. The molecule has 0 rings (SSSR count). The maximum atomic E-state index is 11.7. The van der Waals surface area contributed by atoms with Gasteiger partial charge in [0, 0.05) is 20.0 Å².